The standard InChI is InChI=1S/C16H20N4O5/c17-14(18)9-1-3-11(4-2-9)20-8-12(25-16(20)24)7-19-5-10(6-19)13(21)15(22)23/h1-4,10,12-13,21H,5-8H2,(H3,17,18)(H,22,23). The van der Waals surface area contributed by atoms with Crippen molar-refractivity contribution in [1.82, 2.24) is 4.90 Å². The van der Waals surface area contributed by atoms with Crippen LogP contribution >= 0.6 is 0 Å². The number of aliphatic carboxylic acids is 1. The number of aliphatic hydroxyl groups excluding tert-OH is 1. The molecule has 1 amide bonds. The van der Waals surface area contributed by atoms with Gasteiger partial charge in [-0.2, -0.15) is 0 Å². The third-order valence-corrected chi connectivity index (χ3v) is 4.51. The molecule has 2 fully saturated rings. The second-order valence-electron chi connectivity index (χ2n) is 6.34. The largest absolute Gasteiger partial charge is 0.479 e. The van der Waals surface area contributed by atoms with Crippen LogP contribution < -0.4 is 10.6 Å². The van der Waals surface area contributed by atoms with Gasteiger partial charge in [-0.05, 0) is 24.3 Å². The van der Waals surface area contributed by atoms with Crippen LogP contribution in [0.2, 0.25) is 0 Å². The molecule has 2 heterocycles. The Kier molecular flexibility index (Phi) is 4.60. The van der Waals surface area contributed by atoms with E-state index >= 15 is 0 Å². The van der Waals surface area contributed by atoms with E-state index in [1.807, 2.05) is 4.90 Å². The zero-order valence-electron chi connectivity index (χ0n) is 13.5. The number of likely N-dealkylation sites (tertiary alicyclic amines) is 1. The average Bonchev–Trinajstić information content (AvgIpc) is 2.90. The number of carboxylic acids is 1. The van der Waals surface area contributed by atoms with Crippen molar-refractivity contribution in [3.05, 3.63) is 29.8 Å². The number of carboxylic acid groups (broad SMARTS) is 1. The van der Waals surface area contributed by atoms with Crippen molar-refractivity contribution in [2.75, 3.05) is 31.1 Å². The smallest absolute Gasteiger partial charge is 0.414 e. The summed E-state index contributed by atoms with van der Waals surface area (Å²) in [6, 6.07) is 6.77. The number of benzene rings is 1. The van der Waals surface area contributed by atoms with Crippen LogP contribution in [-0.4, -0.2) is 71.4 Å². The van der Waals surface area contributed by atoms with Gasteiger partial charge < -0.3 is 20.7 Å². The zero-order chi connectivity index (χ0) is 18.1. The fraction of sp³-hybridized carbons (Fsp3) is 0.438. The summed E-state index contributed by atoms with van der Waals surface area (Å²) in [6.07, 6.45) is -2.11. The molecule has 0 aliphatic carbocycles. The Labute approximate surface area is 144 Å². The van der Waals surface area contributed by atoms with Gasteiger partial charge in [-0.1, -0.05) is 0 Å². The molecule has 9 heteroatoms. The van der Waals surface area contributed by atoms with Crippen LogP contribution in [0.4, 0.5) is 10.5 Å². The van der Waals surface area contributed by atoms with Gasteiger partial charge in [0, 0.05) is 36.8 Å². The van der Waals surface area contributed by atoms with Gasteiger partial charge in [-0.15, -0.1) is 0 Å². The third kappa shape index (κ3) is 3.57. The maximum Gasteiger partial charge on any atom is 0.414 e. The molecule has 2 aliphatic heterocycles. The predicted octanol–water partition coefficient (Wildman–Crippen LogP) is -0.327. The van der Waals surface area contributed by atoms with E-state index in [-0.39, 0.29) is 17.9 Å². The van der Waals surface area contributed by atoms with E-state index < -0.39 is 18.2 Å². The Morgan fingerprint density at radius 1 is 1.32 bits per heavy atom. The van der Waals surface area contributed by atoms with Crippen LogP contribution in [0.15, 0.2) is 24.3 Å². The summed E-state index contributed by atoms with van der Waals surface area (Å²) < 4.78 is 5.36. The number of aliphatic hydroxyl groups is 1. The molecule has 0 aromatic heterocycles. The molecule has 0 bridgehead atoms. The summed E-state index contributed by atoms with van der Waals surface area (Å²) in [5.41, 5.74) is 6.66. The number of anilines is 1. The number of hydrogen-bond donors (Lipinski definition) is 4. The quantitative estimate of drug-likeness (QED) is 0.408. The summed E-state index contributed by atoms with van der Waals surface area (Å²) in [5.74, 6) is -1.54. The number of hydrogen-bond acceptors (Lipinski definition) is 6. The number of nitrogens with one attached hydrogen (secondary N) is 1. The maximum absolute atomic E-state index is 12.1. The first kappa shape index (κ1) is 17.2. The Morgan fingerprint density at radius 2 is 1.96 bits per heavy atom. The molecule has 2 saturated heterocycles. The lowest BCUT2D eigenvalue weighted by Gasteiger charge is -2.41. The van der Waals surface area contributed by atoms with Gasteiger partial charge in [-0.3, -0.25) is 15.2 Å². The minimum atomic E-state index is -1.35. The van der Waals surface area contributed by atoms with Gasteiger partial charge >= 0.3 is 12.1 Å². The minimum Gasteiger partial charge on any atom is -0.479 e. The zero-order valence-corrected chi connectivity index (χ0v) is 13.5. The SMILES string of the molecule is N=C(N)c1ccc(N2CC(CN3CC(C(O)C(=O)O)C3)OC2=O)cc1. The van der Waals surface area contributed by atoms with Gasteiger partial charge in [0.25, 0.3) is 0 Å². The summed E-state index contributed by atoms with van der Waals surface area (Å²) in [4.78, 5) is 26.2. The highest BCUT2D eigenvalue weighted by molar-refractivity contribution is 5.96. The van der Waals surface area contributed by atoms with E-state index in [1.165, 1.54) is 4.90 Å². The highest BCUT2D eigenvalue weighted by atomic mass is 16.6. The molecule has 25 heavy (non-hydrogen) atoms. The number of nitrogens with two attached hydrogens (primary N) is 1. The van der Waals surface area contributed by atoms with E-state index in [9.17, 15) is 14.7 Å². The van der Waals surface area contributed by atoms with Crippen LogP contribution in [0.25, 0.3) is 0 Å². The third-order valence-electron chi connectivity index (χ3n) is 4.51. The molecule has 2 unspecified atom stereocenters. The van der Waals surface area contributed by atoms with Gasteiger partial charge in [0.1, 0.15) is 11.9 Å². The van der Waals surface area contributed by atoms with Crippen molar-refractivity contribution in [2.45, 2.75) is 12.2 Å². The first-order chi connectivity index (χ1) is 11.8. The van der Waals surface area contributed by atoms with Crippen molar-refractivity contribution in [1.29, 1.82) is 5.41 Å². The number of amides is 1. The van der Waals surface area contributed by atoms with E-state index in [0.29, 0.717) is 37.4 Å². The molecule has 0 spiro atoms. The highest BCUT2D eigenvalue weighted by Crippen LogP contribution is 2.25. The summed E-state index contributed by atoms with van der Waals surface area (Å²) in [6.45, 7) is 1.82. The number of amidine groups is 1. The normalized spacial score (nSPS) is 22.4. The van der Waals surface area contributed by atoms with Crippen molar-refractivity contribution in [3.8, 4) is 0 Å². The molecule has 2 aliphatic rings. The van der Waals surface area contributed by atoms with Crippen LogP contribution in [0, 0.1) is 11.3 Å². The Morgan fingerprint density at radius 3 is 2.52 bits per heavy atom. The van der Waals surface area contributed by atoms with Crippen LogP contribution in [0.1, 0.15) is 5.56 Å². The second-order valence-corrected chi connectivity index (χ2v) is 6.34. The molecule has 9 nitrogen and oxygen atoms in total. The average molecular weight is 348 g/mol. The van der Waals surface area contributed by atoms with Crippen LogP contribution in [0.5, 0.6) is 0 Å². The predicted molar refractivity (Wildman–Crippen MR) is 88.6 cm³/mol. The lowest BCUT2D eigenvalue weighted by molar-refractivity contribution is -0.154. The second kappa shape index (κ2) is 6.69. The molecule has 1 aromatic rings. The minimum absolute atomic E-state index is 0.0377. The van der Waals surface area contributed by atoms with Crippen LogP contribution in [-0.2, 0) is 9.53 Å². The Bertz CT molecular complexity index is 686. The van der Waals surface area contributed by atoms with Crippen molar-refractivity contribution in [2.24, 2.45) is 11.7 Å². The van der Waals surface area contributed by atoms with Gasteiger partial charge in [-0.25, -0.2) is 9.59 Å². The number of cyclic esters (lactones) is 1. The molecule has 5 N–H and O–H groups in total. The number of nitrogens with zero attached hydrogens (tertiary/aromatic N) is 2. The van der Waals surface area contributed by atoms with Gasteiger partial charge in [0.2, 0.25) is 0 Å². The topological polar surface area (TPSA) is 140 Å². The monoisotopic (exact) mass is 348 g/mol. The molecule has 0 radical (unpaired) electrons. The lowest BCUT2D eigenvalue weighted by atomic mass is 9.93. The molecule has 2 atom stereocenters. The number of carbonyl (C=O) groups is 2. The first-order valence-electron chi connectivity index (χ1n) is 7.91. The summed E-state index contributed by atoms with van der Waals surface area (Å²) >= 11 is 0. The number of carbonyl (C=O) groups excluding carboxylic acids is 1. The molecule has 3 rings (SSSR count). The number of nitrogen functional groups attached to an aromatic ring is 1. The first-order valence-corrected chi connectivity index (χ1v) is 7.91. The highest BCUT2D eigenvalue weighted by Gasteiger charge is 2.40. The molecular formula is C16H20N4O5. The Balaban J connectivity index is 1.53. The van der Waals surface area contributed by atoms with E-state index in [0.717, 1.165) is 0 Å². The maximum atomic E-state index is 12.1. The lowest BCUT2D eigenvalue weighted by Crippen LogP contribution is -2.55. The summed E-state index contributed by atoms with van der Waals surface area (Å²) in [5, 5.41) is 25.6. The van der Waals surface area contributed by atoms with Crippen LogP contribution in [0.3, 0.4) is 0 Å². The molecular weight excluding hydrogens is 328 g/mol. The fourth-order valence-corrected chi connectivity index (χ4v) is 3.10. The van der Waals surface area contributed by atoms with Crippen molar-refractivity contribution < 1.29 is 24.5 Å². The van der Waals surface area contributed by atoms with Crippen molar-refractivity contribution in [3.63, 3.8) is 0 Å². The molecule has 0 saturated carbocycles. The fourth-order valence-electron chi connectivity index (χ4n) is 3.10. The van der Waals surface area contributed by atoms with Crippen molar-refractivity contribution >= 4 is 23.6 Å². The number of ether oxygens (including phenoxy) is 1. The summed E-state index contributed by atoms with van der Waals surface area (Å²) in [7, 11) is 0. The van der Waals surface area contributed by atoms with Gasteiger partial charge in [0.05, 0.1) is 6.54 Å². The van der Waals surface area contributed by atoms with E-state index in [1.54, 1.807) is 24.3 Å². The van der Waals surface area contributed by atoms with E-state index in [4.69, 9.17) is 21.0 Å². The molecule has 1 aromatic carbocycles. The van der Waals surface area contributed by atoms with E-state index in [2.05, 4.69) is 0 Å². The number of rotatable bonds is 6. The molecule has 134 valence electrons. The Hall–Kier alpha value is -2.65. The van der Waals surface area contributed by atoms with Gasteiger partial charge in [0.15, 0.2) is 6.10 Å².